The molecular weight excluding hydrogens is 516 g/mol. The van der Waals surface area contributed by atoms with E-state index in [1.54, 1.807) is 32.0 Å². The van der Waals surface area contributed by atoms with Crippen molar-refractivity contribution in [3.05, 3.63) is 100 Å². The highest BCUT2D eigenvalue weighted by Gasteiger charge is 2.21. The molecular formula is C27H22ClF2N5O3. The highest BCUT2D eigenvalue weighted by molar-refractivity contribution is 6.31. The number of aromatic nitrogens is 4. The number of aryl methyl sites for hydroxylation is 2. The molecule has 3 heterocycles. The Kier molecular flexibility index (Phi) is 6.81. The van der Waals surface area contributed by atoms with Crippen molar-refractivity contribution in [1.82, 2.24) is 25.1 Å². The van der Waals surface area contributed by atoms with Crippen LogP contribution in [0.5, 0.6) is 5.75 Å². The third-order valence-electron chi connectivity index (χ3n) is 5.94. The van der Waals surface area contributed by atoms with Crippen molar-refractivity contribution >= 4 is 28.4 Å². The van der Waals surface area contributed by atoms with Gasteiger partial charge >= 0.3 is 0 Å². The highest BCUT2D eigenvalue weighted by atomic mass is 35.5. The number of carbonyl (C=O) groups is 1. The number of benzene rings is 2. The van der Waals surface area contributed by atoms with E-state index in [1.165, 1.54) is 29.3 Å². The van der Waals surface area contributed by atoms with Crippen molar-refractivity contribution in [3.8, 4) is 11.4 Å². The average molecular weight is 538 g/mol. The molecule has 0 saturated heterocycles. The van der Waals surface area contributed by atoms with E-state index in [0.717, 1.165) is 6.20 Å². The molecule has 0 aliphatic heterocycles. The molecule has 5 rings (SSSR count). The summed E-state index contributed by atoms with van der Waals surface area (Å²) in [7, 11) is 0. The molecule has 0 bridgehead atoms. The second kappa shape index (κ2) is 10.2. The van der Waals surface area contributed by atoms with Gasteiger partial charge in [-0.3, -0.25) is 4.79 Å². The van der Waals surface area contributed by atoms with Gasteiger partial charge in [0.15, 0.2) is 17.4 Å². The molecule has 11 heteroatoms. The summed E-state index contributed by atoms with van der Waals surface area (Å²) in [6, 6.07) is 9.04. The van der Waals surface area contributed by atoms with Crippen LogP contribution in [0.2, 0.25) is 5.02 Å². The number of rotatable bonds is 7. The number of oxazole rings is 1. The second-order valence-electron chi connectivity index (χ2n) is 8.73. The summed E-state index contributed by atoms with van der Waals surface area (Å²) in [6.45, 7) is 5.12. The van der Waals surface area contributed by atoms with E-state index in [9.17, 15) is 13.6 Å². The van der Waals surface area contributed by atoms with Crippen molar-refractivity contribution in [2.45, 2.75) is 33.4 Å². The van der Waals surface area contributed by atoms with Crippen molar-refractivity contribution in [3.63, 3.8) is 0 Å². The maximum absolute atomic E-state index is 14.3. The minimum Gasteiger partial charge on any atom is -0.487 e. The molecule has 0 aliphatic carbocycles. The molecule has 1 atom stereocenters. The lowest BCUT2D eigenvalue weighted by molar-refractivity contribution is 0.0934. The van der Waals surface area contributed by atoms with Gasteiger partial charge in [-0.1, -0.05) is 23.7 Å². The maximum atomic E-state index is 14.3. The third-order valence-corrected chi connectivity index (χ3v) is 6.28. The van der Waals surface area contributed by atoms with E-state index in [2.05, 4.69) is 20.4 Å². The molecule has 1 N–H and O–H groups in total. The predicted octanol–water partition coefficient (Wildman–Crippen LogP) is 6.03. The number of halogens is 3. The first-order chi connectivity index (χ1) is 18.2. The van der Waals surface area contributed by atoms with Crippen LogP contribution in [-0.4, -0.2) is 25.7 Å². The van der Waals surface area contributed by atoms with Gasteiger partial charge < -0.3 is 14.5 Å². The molecule has 0 saturated carbocycles. The monoisotopic (exact) mass is 537 g/mol. The minimum atomic E-state index is -0.625. The largest absolute Gasteiger partial charge is 0.487 e. The zero-order valence-corrected chi connectivity index (χ0v) is 21.4. The first-order valence-electron chi connectivity index (χ1n) is 11.6. The van der Waals surface area contributed by atoms with E-state index < -0.39 is 23.6 Å². The van der Waals surface area contributed by atoms with Crippen LogP contribution < -0.4 is 10.1 Å². The molecule has 194 valence electrons. The number of carbonyl (C=O) groups excluding carboxylic acids is 1. The molecule has 0 fully saturated rings. The Morgan fingerprint density at radius 2 is 2.00 bits per heavy atom. The van der Waals surface area contributed by atoms with Gasteiger partial charge in [0.25, 0.3) is 5.91 Å². The predicted molar refractivity (Wildman–Crippen MR) is 136 cm³/mol. The normalized spacial score (nSPS) is 12.1. The molecule has 0 aliphatic rings. The summed E-state index contributed by atoms with van der Waals surface area (Å²) in [5.41, 5.74) is 2.92. The number of nitrogens with one attached hydrogen (secondary N) is 1. The molecule has 0 radical (unpaired) electrons. The van der Waals surface area contributed by atoms with Crippen LogP contribution in [0.3, 0.4) is 0 Å². The molecule has 0 spiro atoms. The van der Waals surface area contributed by atoms with Gasteiger partial charge in [-0.25, -0.2) is 23.4 Å². The lowest BCUT2D eigenvalue weighted by Gasteiger charge is -2.20. The summed E-state index contributed by atoms with van der Waals surface area (Å²) in [6.07, 6.45) is 3.66. The standard InChI is InChI=1S/C27H22ClF2N5O3/c1-14-7-24(35-11-18(30)10-31-35)19-5-4-6-25(26(19)32-14)38-12-21-20(8-17(29)9-22(21)28)15(2)33-27(36)23-13-37-16(3)34-23/h4-11,13,15H,12H2,1-3H3,(H,33,36)/t15-/m0/s1. The number of nitrogens with zero attached hydrogens (tertiary/aromatic N) is 4. The van der Waals surface area contributed by atoms with Gasteiger partial charge in [0, 0.05) is 23.6 Å². The molecule has 2 aromatic carbocycles. The van der Waals surface area contributed by atoms with Crippen molar-refractivity contribution in [2.24, 2.45) is 0 Å². The second-order valence-corrected chi connectivity index (χ2v) is 9.14. The first-order valence-corrected chi connectivity index (χ1v) is 12.0. The molecule has 5 aromatic rings. The fraction of sp³-hybridized carbons (Fsp3) is 0.185. The fourth-order valence-corrected chi connectivity index (χ4v) is 4.46. The van der Waals surface area contributed by atoms with Crippen LogP contribution in [-0.2, 0) is 6.61 Å². The Hall–Kier alpha value is -4.31. The van der Waals surface area contributed by atoms with Gasteiger partial charge in [-0.2, -0.15) is 5.10 Å². The van der Waals surface area contributed by atoms with Gasteiger partial charge in [0.2, 0.25) is 0 Å². The zero-order valence-electron chi connectivity index (χ0n) is 20.6. The van der Waals surface area contributed by atoms with Gasteiger partial charge in [-0.05, 0) is 43.7 Å². The Labute approximate surface area is 221 Å². The summed E-state index contributed by atoms with van der Waals surface area (Å²) < 4.78 is 40.7. The topological polar surface area (TPSA) is 95.1 Å². The fourth-order valence-electron chi connectivity index (χ4n) is 4.20. The van der Waals surface area contributed by atoms with Crippen LogP contribution in [0, 0.1) is 25.5 Å². The van der Waals surface area contributed by atoms with Crippen LogP contribution in [0.4, 0.5) is 8.78 Å². The Morgan fingerprint density at radius 1 is 1.18 bits per heavy atom. The molecule has 0 unspecified atom stereocenters. The van der Waals surface area contributed by atoms with Crippen LogP contribution in [0.1, 0.15) is 46.2 Å². The first kappa shape index (κ1) is 25.3. The summed E-state index contributed by atoms with van der Waals surface area (Å²) in [4.78, 5) is 21.2. The van der Waals surface area contributed by atoms with Crippen molar-refractivity contribution in [1.29, 1.82) is 0 Å². The Balaban J connectivity index is 1.46. The van der Waals surface area contributed by atoms with Gasteiger partial charge in [-0.15, -0.1) is 0 Å². The average Bonchev–Trinajstić information content (AvgIpc) is 3.50. The van der Waals surface area contributed by atoms with E-state index in [1.807, 2.05) is 13.0 Å². The molecule has 8 nitrogen and oxygen atoms in total. The zero-order chi connectivity index (χ0) is 27.0. The van der Waals surface area contributed by atoms with Crippen molar-refractivity contribution in [2.75, 3.05) is 0 Å². The lowest BCUT2D eigenvalue weighted by Crippen LogP contribution is -2.28. The summed E-state index contributed by atoms with van der Waals surface area (Å²) >= 11 is 6.43. The van der Waals surface area contributed by atoms with Gasteiger partial charge in [0.05, 0.1) is 29.1 Å². The van der Waals surface area contributed by atoms with E-state index in [-0.39, 0.29) is 17.3 Å². The number of fused-ring (bicyclic) bond motifs is 1. The summed E-state index contributed by atoms with van der Waals surface area (Å²) in [5, 5.41) is 7.71. The highest BCUT2D eigenvalue weighted by Crippen LogP contribution is 2.32. The Bertz CT molecular complexity index is 1670. The number of hydrogen-bond donors (Lipinski definition) is 1. The number of amides is 1. The quantitative estimate of drug-likeness (QED) is 0.272. The SMILES string of the molecule is Cc1cc(-n2cc(F)cn2)c2cccc(OCc3c(Cl)cc(F)cc3[C@H](C)NC(=O)c3coc(C)n3)c2n1. The van der Waals surface area contributed by atoms with E-state index >= 15 is 0 Å². The van der Waals surface area contributed by atoms with Crippen molar-refractivity contribution < 1.29 is 22.7 Å². The maximum Gasteiger partial charge on any atom is 0.273 e. The van der Waals surface area contributed by atoms with E-state index in [0.29, 0.717) is 45.1 Å². The summed E-state index contributed by atoms with van der Waals surface area (Å²) in [5.74, 6) is -0.686. The number of hydrogen-bond acceptors (Lipinski definition) is 6. The van der Waals surface area contributed by atoms with Crippen LogP contribution in [0.15, 0.2) is 59.5 Å². The van der Waals surface area contributed by atoms with Crippen LogP contribution in [0.25, 0.3) is 16.6 Å². The molecule has 3 aromatic heterocycles. The molecule has 1 amide bonds. The third kappa shape index (κ3) is 5.08. The molecule has 38 heavy (non-hydrogen) atoms. The van der Waals surface area contributed by atoms with Gasteiger partial charge in [0.1, 0.15) is 30.0 Å². The number of ether oxygens (including phenoxy) is 1. The van der Waals surface area contributed by atoms with Crippen LogP contribution >= 0.6 is 11.6 Å². The van der Waals surface area contributed by atoms with E-state index in [4.69, 9.17) is 20.8 Å². The smallest absolute Gasteiger partial charge is 0.273 e. The lowest BCUT2D eigenvalue weighted by atomic mass is 10.0. The number of pyridine rings is 1. The Morgan fingerprint density at radius 3 is 2.71 bits per heavy atom. The number of para-hydroxylation sites is 1. The minimum absolute atomic E-state index is 0.0296.